The lowest BCUT2D eigenvalue weighted by molar-refractivity contribution is -0.145. The van der Waals surface area contributed by atoms with Crippen LogP contribution in [0.1, 0.15) is 26.3 Å². The van der Waals surface area contributed by atoms with Crippen LogP contribution < -0.4 is 10.2 Å². The Balaban J connectivity index is 2.46. The smallest absolute Gasteiger partial charge is 0.314 e. The zero-order chi connectivity index (χ0) is 16.5. The number of esters is 1. The fourth-order valence-corrected chi connectivity index (χ4v) is 1.58. The van der Waals surface area contributed by atoms with E-state index in [0.29, 0.717) is 18.1 Å². The third kappa shape index (κ3) is 5.55. The average Bonchev–Trinajstić information content (AvgIpc) is 2.51. The fourth-order valence-electron chi connectivity index (χ4n) is 1.58. The molecule has 6 heteroatoms. The maximum absolute atomic E-state index is 11.7. The summed E-state index contributed by atoms with van der Waals surface area (Å²) in [7, 11) is 0. The van der Waals surface area contributed by atoms with E-state index in [9.17, 15) is 9.59 Å². The highest BCUT2D eigenvalue weighted by atomic mass is 16.5. The van der Waals surface area contributed by atoms with E-state index >= 15 is 0 Å². The first-order valence-corrected chi connectivity index (χ1v) is 7.13. The van der Waals surface area contributed by atoms with Gasteiger partial charge >= 0.3 is 5.97 Å². The molecule has 0 bridgehead atoms. The minimum Gasteiger partial charge on any atom is -0.483 e. The monoisotopic (exact) mass is 306 g/mol. The van der Waals surface area contributed by atoms with Gasteiger partial charge in [-0.15, -0.1) is 0 Å². The molecule has 120 valence electrons. The van der Waals surface area contributed by atoms with Crippen LogP contribution in [-0.2, 0) is 14.3 Å². The van der Waals surface area contributed by atoms with Crippen LogP contribution in [0, 0.1) is 12.8 Å². The van der Waals surface area contributed by atoms with Crippen molar-refractivity contribution in [3.8, 4) is 5.75 Å². The number of amides is 1. The van der Waals surface area contributed by atoms with Gasteiger partial charge in [0.05, 0.1) is 12.5 Å². The van der Waals surface area contributed by atoms with Crippen LogP contribution in [0.5, 0.6) is 5.75 Å². The summed E-state index contributed by atoms with van der Waals surface area (Å²) in [4.78, 5) is 23.2. The highest BCUT2D eigenvalue weighted by molar-refractivity contribution is 6.00. The van der Waals surface area contributed by atoms with Crippen molar-refractivity contribution in [1.82, 2.24) is 5.43 Å². The molecule has 0 spiro atoms. The van der Waals surface area contributed by atoms with Gasteiger partial charge in [-0.25, -0.2) is 5.43 Å². The van der Waals surface area contributed by atoms with Crippen molar-refractivity contribution in [1.29, 1.82) is 0 Å². The molecule has 1 unspecified atom stereocenters. The summed E-state index contributed by atoms with van der Waals surface area (Å²) in [5, 5.41) is 3.90. The number of benzene rings is 1. The Morgan fingerprint density at radius 3 is 2.64 bits per heavy atom. The minimum absolute atomic E-state index is 0.143. The van der Waals surface area contributed by atoms with Crippen LogP contribution in [-0.4, -0.2) is 30.8 Å². The van der Waals surface area contributed by atoms with Gasteiger partial charge in [0.15, 0.2) is 6.61 Å². The highest BCUT2D eigenvalue weighted by Gasteiger charge is 2.17. The van der Waals surface area contributed by atoms with E-state index in [0.717, 1.165) is 5.56 Å². The molecular weight excluding hydrogens is 284 g/mol. The lowest BCUT2D eigenvalue weighted by atomic mass is 10.1. The number of nitrogens with one attached hydrogen (secondary N) is 1. The van der Waals surface area contributed by atoms with Gasteiger partial charge in [-0.1, -0.05) is 18.2 Å². The molecule has 0 aliphatic heterocycles. The van der Waals surface area contributed by atoms with Crippen molar-refractivity contribution in [2.24, 2.45) is 11.0 Å². The van der Waals surface area contributed by atoms with Crippen molar-refractivity contribution in [2.45, 2.75) is 27.7 Å². The van der Waals surface area contributed by atoms with Gasteiger partial charge in [0, 0.05) is 5.71 Å². The van der Waals surface area contributed by atoms with Crippen LogP contribution in [0.3, 0.4) is 0 Å². The number of carbonyl (C=O) groups is 2. The van der Waals surface area contributed by atoms with E-state index in [4.69, 9.17) is 9.47 Å². The number of rotatable bonds is 7. The van der Waals surface area contributed by atoms with E-state index < -0.39 is 11.8 Å². The first-order valence-electron chi connectivity index (χ1n) is 7.13. The molecule has 0 aliphatic rings. The Bertz CT molecular complexity index is 555. The topological polar surface area (TPSA) is 77.0 Å². The Morgan fingerprint density at radius 2 is 2.00 bits per heavy atom. The molecule has 1 aromatic rings. The summed E-state index contributed by atoms with van der Waals surface area (Å²) in [6.07, 6.45) is 0. The number of aryl methyl sites for hydroxylation is 1. The number of ether oxygens (including phenoxy) is 2. The van der Waals surface area contributed by atoms with Crippen molar-refractivity contribution >= 4 is 17.6 Å². The van der Waals surface area contributed by atoms with E-state index in [1.165, 1.54) is 0 Å². The maximum Gasteiger partial charge on any atom is 0.314 e. The molecule has 0 aliphatic carbocycles. The summed E-state index contributed by atoms with van der Waals surface area (Å²) in [5.74, 6) is -0.608. The summed E-state index contributed by atoms with van der Waals surface area (Å²) in [6.45, 7) is 7.14. The largest absolute Gasteiger partial charge is 0.483 e. The van der Waals surface area contributed by atoms with Gasteiger partial charge in [0.2, 0.25) is 0 Å². The van der Waals surface area contributed by atoms with Crippen LogP contribution >= 0.6 is 0 Å². The van der Waals surface area contributed by atoms with E-state index in [1.54, 1.807) is 26.8 Å². The van der Waals surface area contributed by atoms with Crippen LogP contribution in [0.2, 0.25) is 0 Å². The molecular formula is C16H22N2O4. The predicted octanol–water partition coefficient (Wildman–Crippen LogP) is 2.07. The maximum atomic E-state index is 11.7. The van der Waals surface area contributed by atoms with E-state index in [1.807, 2.05) is 25.1 Å². The SMILES string of the molecule is CCOC(=O)C(C)C(C)=NNC(=O)COc1ccccc1C. The van der Waals surface area contributed by atoms with E-state index in [2.05, 4.69) is 10.5 Å². The zero-order valence-corrected chi connectivity index (χ0v) is 13.4. The Morgan fingerprint density at radius 1 is 1.32 bits per heavy atom. The number of hydrogen-bond acceptors (Lipinski definition) is 5. The highest BCUT2D eigenvalue weighted by Crippen LogP contribution is 2.15. The van der Waals surface area contributed by atoms with Crippen molar-refractivity contribution in [3.63, 3.8) is 0 Å². The molecule has 0 saturated heterocycles. The van der Waals surface area contributed by atoms with Gasteiger partial charge in [-0.05, 0) is 39.3 Å². The second-order valence-electron chi connectivity index (χ2n) is 4.82. The van der Waals surface area contributed by atoms with Crippen LogP contribution in [0.15, 0.2) is 29.4 Å². The molecule has 0 radical (unpaired) electrons. The number of carbonyl (C=O) groups excluding carboxylic acids is 2. The molecule has 1 aromatic carbocycles. The zero-order valence-electron chi connectivity index (χ0n) is 13.4. The Kier molecular flexibility index (Phi) is 7.08. The molecule has 22 heavy (non-hydrogen) atoms. The van der Waals surface area contributed by atoms with Crippen molar-refractivity contribution in [2.75, 3.05) is 13.2 Å². The lowest BCUT2D eigenvalue weighted by Crippen LogP contribution is -2.28. The van der Waals surface area contributed by atoms with Crippen molar-refractivity contribution < 1.29 is 19.1 Å². The van der Waals surface area contributed by atoms with Crippen LogP contribution in [0.4, 0.5) is 0 Å². The Labute approximate surface area is 130 Å². The van der Waals surface area contributed by atoms with Gasteiger partial charge in [-0.3, -0.25) is 9.59 Å². The number of para-hydroxylation sites is 1. The molecule has 6 nitrogen and oxygen atoms in total. The first kappa shape index (κ1) is 17.7. The molecule has 0 heterocycles. The van der Waals surface area contributed by atoms with Gasteiger partial charge in [-0.2, -0.15) is 5.10 Å². The number of hydrogen-bond donors (Lipinski definition) is 1. The fraction of sp³-hybridized carbons (Fsp3) is 0.438. The second kappa shape index (κ2) is 8.81. The Hall–Kier alpha value is -2.37. The summed E-state index contributed by atoms with van der Waals surface area (Å²) in [6, 6.07) is 7.42. The van der Waals surface area contributed by atoms with E-state index in [-0.39, 0.29) is 12.6 Å². The summed E-state index contributed by atoms with van der Waals surface area (Å²) in [5.41, 5.74) is 3.79. The standard InChI is InChI=1S/C16H22N2O4/c1-5-21-16(20)12(3)13(4)17-18-15(19)10-22-14-9-7-6-8-11(14)2/h6-9,12H,5,10H2,1-4H3,(H,18,19). The molecule has 1 amide bonds. The lowest BCUT2D eigenvalue weighted by Gasteiger charge is -2.11. The number of hydrazone groups is 1. The average molecular weight is 306 g/mol. The minimum atomic E-state index is -0.502. The first-order chi connectivity index (χ1) is 10.5. The molecule has 0 fully saturated rings. The van der Waals surface area contributed by atoms with Crippen LogP contribution in [0.25, 0.3) is 0 Å². The van der Waals surface area contributed by atoms with Gasteiger partial charge in [0.1, 0.15) is 5.75 Å². The molecule has 0 aromatic heterocycles. The second-order valence-corrected chi connectivity index (χ2v) is 4.82. The predicted molar refractivity (Wildman–Crippen MR) is 83.7 cm³/mol. The number of nitrogens with zero attached hydrogens (tertiary/aromatic N) is 1. The quantitative estimate of drug-likeness (QED) is 0.475. The molecule has 0 saturated carbocycles. The molecule has 1 N–H and O–H groups in total. The van der Waals surface area contributed by atoms with Gasteiger partial charge in [0.25, 0.3) is 5.91 Å². The summed E-state index contributed by atoms with van der Waals surface area (Å²) < 4.78 is 10.3. The molecule has 1 atom stereocenters. The summed E-state index contributed by atoms with van der Waals surface area (Å²) >= 11 is 0. The van der Waals surface area contributed by atoms with Crippen molar-refractivity contribution in [3.05, 3.63) is 29.8 Å². The third-order valence-corrected chi connectivity index (χ3v) is 3.08. The van der Waals surface area contributed by atoms with Gasteiger partial charge < -0.3 is 9.47 Å². The normalized spacial score (nSPS) is 12.5. The molecule has 1 rings (SSSR count). The third-order valence-electron chi connectivity index (χ3n) is 3.08.